The van der Waals surface area contributed by atoms with Crippen molar-refractivity contribution in [1.82, 2.24) is 19.7 Å². The highest BCUT2D eigenvalue weighted by Crippen LogP contribution is 2.15. The van der Waals surface area contributed by atoms with Gasteiger partial charge in [-0.15, -0.1) is 0 Å². The molecule has 6 nitrogen and oxygen atoms in total. The maximum absolute atomic E-state index is 12.2. The maximum atomic E-state index is 12.2. The maximum Gasteiger partial charge on any atom is 0.263 e. The molecule has 0 saturated carbocycles. The molecule has 2 aromatic heterocycles. The zero-order chi connectivity index (χ0) is 15.7. The largest absolute Gasteiger partial charge is 0.341 e. The van der Waals surface area contributed by atoms with E-state index < -0.39 is 0 Å². The molecule has 3 aromatic rings. The first-order valence-corrected chi connectivity index (χ1v) is 6.95. The normalized spacial score (nSPS) is 10.8. The fourth-order valence-electron chi connectivity index (χ4n) is 2.33. The van der Waals surface area contributed by atoms with Crippen molar-refractivity contribution in [1.29, 1.82) is 0 Å². The standard InChI is InChI=1S/C16H17N5O/c1-11(2)10-20(3)16-18-14-13(15(22)19-16)9-17-21(14)12-7-5-4-6-8-12/h4-9H,1,10H2,2-3H3,(H,18,19,22). The van der Waals surface area contributed by atoms with E-state index in [1.54, 1.807) is 4.68 Å². The van der Waals surface area contributed by atoms with Gasteiger partial charge in [-0.25, -0.2) is 4.68 Å². The fraction of sp³-hybridized carbons (Fsp3) is 0.188. The van der Waals surface area contributed by atoms with Crippen LogP contribution in [0.1, 0.15) is 6.92 Å². The third-order valence-corrected chi connectivity index (χ3v) is 3.30. The molecule has 0 aliphatic carbocycles. The van der Waals surface area contributed by atoms with Crippen LogP contribution in [-0.2, 0) is 0 Å². The van der Waals surface area contributed by atoms with Gasteiger partial charge in [-0.3, -0.25) is 9.78 Å². The number of nitrogens with one attached hydrogen (secondary N) is 1. The van der Waals surface area contributed by atoms with Gasteiger partial charge in [-0.1, -0.05) is 30.4 Å². The molecule has 0 radical (unpaired) electrons. The molecule has 22 heavy (non-hydrogen) atoms. The van der Waals surface area contributed by atoms with Crippen molar-refractivity contribution in [3.63, 3.8) is 0 Å². The second kappa shape index (κ2) is 5.48. The number of rotatable bonds is 4. The van der Waals surface area contributed by atoms with Crippen LogP contribution in [0.25, 0.3) is 16.7 Å². The van der Waals surface area contributed by atoms with Crippen LogP contribution in [0.2, 0.25) is 0 Å². The zero-order valence-corrected chi connectivity index (χ0v) is 12.6. The van der Waals surface area contributed by atoms with Crippen LogP contribution in [0.15, 0.2) is 53.5 Å². The Balaban J connectivity index is 2.16. The number of hydrogen-bond donors (Lipinski definition) is 1. The summed E-state index contributed by atoms with van der Waals surface area (Å²) in [5.41, 5.74) is 2.19. The Morgan fingerprint density at radius 1 is 1.36 bits per heavy atom. The van der Waals surface area contributed by atoms with Crippen LogP contribution in [-0.4, -0.2) is 33.3 Å². The van der Waals surface area contributed by atoms with Gasteiger partial charge in [0.15, 0.2) is 5.65 Å². The van der Waals surface area contributed by atoms with Crippen LogP contribution in [0.5, 0.6) is 0 Å². The minimum Gasteiger partial charge on any atom is -0.341 e. The predicted octanol–water partition coefficient (Wildman–Crippen LogP) is 2.12. The molecule has 1 N–H and O–H groups in total. The Labute approximate surface area is 127 Å². The van der Waals surface area contributed by atoms with E-state index in [1.807, 2.05) is 49.2 Å². The smallest absolute Gasteiger partial charge is 0.263 e. The van der Waals surface area contributed by atoms with E-state index in [4.69, 9.17) is 0 Å². The summed E-state index contributed by atoms with van der Waals surface area (Å²) in [4.78, 5) is 21.4. The van der Waals surface area contributed by atoms with E-state index in [0.717, 1.165) is 11.3 Å². The lowest BCUT2D eigenvalue weighted by atomic mass is 10.3. The van der Waals surface area contributed by atoms with Crippen LogP contribution in [0.4, 0.5) is 5.95 Å². The third kappa shape index (κ3) is 2.50. The lowest BCUT2D eigenvalue weighted by Gasteiger charge is -2.17. The van der Waals surface area contributed by atoms with Gasteiger partial charge in [0.05, 0.1) is 11.9 Å². The zero-order valence-electron chi connectivity index (χ0n) is 12.6. The third-order valence-electron chi connectivity index (χ3n) is 3.30. The molecule has 0 bridgehead atoms. The minimum absolute atomic E-state index is 0.198. The first-order chi connectivity index (χ1) is 10.6. The molecule has 0 aliphatic heterocycles. The van der Waals surface area contributed by atoms with E-state index in [1.165, 1.54) is 6.20 Å². The number of benzene rings is 1. The van der Waals surface area contributed by atoms with Crippen molar-refractivity contribution >= 4 is 17.0 Å². The summed E-state index contributed by atoms with van der Waals surface area (Å²) in [5, 5.41) is 4.75. The van der Waals surface area contributed by atoms with Gasteiger partial charge in [0.1, 0.15) is 5.39 Å². The highest BCUT2D eigenvalue weighted by atomic mass is 16.1. The lowest BCUT2D eigenvalue weighted by Crippen LogP contribution is -2.24. The number of para-hydroxylation sites is 1. The fourth-order valence-corrected chi connectivity index (χ4v) is 2.33. The van der Waals surface area contributed by atoms with E-state index in [9.17, 15) is 4.79 Å². The van der Waals surface area contributed by atoms with Gasteiger partial charge in [0, 0.05) is 13.6 Å². The lowest BCUT2D eigenvalue weighted by molar-refractivity contribution is 0.876. The Hall–Kier alpha value is -2.89. The van der Waals surface area contributed by atoms with Gasteiger partial charge in [0.25, 0.3) is 5.56 Å². The first kappa shape index (κ1) is 14.1. The summed E-state index contributed by atoms with van der Waals surface area (Å²) in [5.74, 6) is 0.498. The van der Waals surface area contributed by atoms with Crippen molar-refractivity contribution in [2.45, 2.75) is 6.92 Å². The number of hydrogen-bond acceptors (Lipinski definition) is 4. The highest BCUT2D eigenvalue weighted by molar-refractivity contribution is 5.76. The predicted molar refractivity (Wildman–Crippen MR) is 87.6 cm³/mol. The van der Waals surface area contributed by atoms with Crippen LogP contribution >= 0.6 is 0 Å². The summed E-state index contributed by atoms with van der Waals surface area (Å²) in [7, 11) is 1.86. The molecule has 3 rings (SSSR count). The summed E-state index contributed by atoms with van der Waals surface area (Å²) >= 11 is 0. The molecule has 0 aliphatic rings. The molecular weight excluding hydrogens is 278 g/mol. The monoisotopic (exact) mass is 295 g/mol. The van der Waals surface area contributed by atoms with E-state index in [-0.39, 0.29) is 5.56 Å². The number of likely N-dealkylation sites (N-methyl/N-ethyl adjacent to an activating group) is 1. The molecule has 0 saturated heterocycles. The Morgan fingerprint density at radius 3 is 2.77 bits per heavy atom. The summed E-state index contributed by atoms with van der Waals surface area (Å²) in [6.45, 7) is 6.43. The molecular formula is C16H17N5O. The Bertz CT molecular complexity index is 878. The molecule has 2 heterocycles. The summed E-state index contributed by atoms with van der Waals surface area (Å²) in [6, 6.07) is 9.62. The molecule has 0 unspecified atom stereocenters. The highest BCUT2D eigenvalue weighted by Gasteiger charge is 2.13. The average molecular weight is 295 g/mol. The number of aromatic amines is 1. The van der Waals surface area contributed by atoms with E-state index in [2.05, 4.69) is 21.6 Å². The Kier molecular flexibility index (Phi) is 3.50. The van der Waals surface area contributed by atoms with Gasteiger partial charge in [0.2, 0.25) is 5.95 Å². The molecule has 112 valence electrons. The molecule has 6 heteroatoms. The molecule has 0 spiro atoms. The topological polar surface area (TPSA) is 66.8 Å². The number of aromatic nitrogens is 4. The van der Waals surface area contributed by atoms with Gasteiger partial charge < -0.3 is 4.90 Å². The Morgan fingerprint density at radius 2 is 2.09 bits per heavy atom. The summed E-state index contributed by atoms with van der Waals surface area (Å²) in [6.07, 6.45) is 1.54. The SMILES string of the molecule is C=C(C)CN(C)c1nc2c(cnn2-c2ccccc2)c(=O)[nH]1. The van der Waals surface area contributed by atoms with Crippen molar-refractivity contribution in [2.24, 2.45) is 0 Å². The first-order valence-electron chi connectivity index (χ1n) is 6.95. The van der Waals surface area contributed by atoms with E-state index in [0.29, 0.717) is 23.5 Å². The van der Waals surface area contributed by atoms with Crippen molar-refractivity contribution < 1.29 is 0 Å². The number of H-pyrrole nitrogens is 1. The van der Waals surface area contributed by atoms with Gasteiger partial charge >= 0.3 is 0 Å². The van der Waals surface area contributed by atoms with Gasteiger partial charge in [-0.2, -0.15) is 10.1 Å². The van der Waals surface area contributed by atoms with Crippen LogP contribution in [0.3, 0.4) is 0 Å². The summed E-state index contributed by atoms with van der Waals surface area (Å²) < 4.78 is 1.67. The quantitative estimate of drug-likeness (QED) is 0.749. The second-order valence-electron chi connectivity index (χ2n) is 5.33. The minimum atomic E-state index is -0.198. The van der Waals surface area contributed by atoms with Gasteiger partial charge in [-0.05, 0) is 19.1 Å². The average Bonchev–Trinajstić information content (AvgIpc) is 2.92. The number of anilines is 1. The molecule has 0 fully saturated rings. The van der Waals surface area contributed by atoms with Crippen LogP contribution in [0, 0.1) is 0 Å². The molecule has 1 aromatic carbocycles. The van der Waals surface area contributed by atoms with Crippen molar-refractivity contribution in [3.8, 4) is 5.69 Å². The molecule has 0 amide bonds. The van der Waals surface area contributed by atoms with Crippen molar-refractivity contribution in [3.05, 3.63) is 59.0 Å². The van der Waals surface area contributed by atoms with Crippen molar-refractivity contribution in [2.75, 3.05) is 18.5 Å². The number of nitrogens with zero attached hydrogens (tertiary/aromatic N) is 4. The second-order valence-corrected chi connectivity index (χ2v) is 5.33. The van der Waals surface area contributed by atoms with Crippen LogP contribution < -0.4 is 10.5 Å². The number of fused-ring (bicyclic) bond motifs is 1. The van der Waals surface area contributed by atoms with E-state index >= 15 is 0 Å². The molecule has 0 atom stereocenters.